The van der Waals surface area contributed by atoms with E-state index < -0.39 is 10.8 Å². The van der Waals surface area contributed by atoms with E-state index in [4.69, 9.17) is 4.74 Å². The first kappa shape index (κ1) is 18.3. The van der Waals surface area contributed by atoms with Crippen molar-refractivity contribution >= 4 is 17.3 Å². The van der Waals surface area contributed by atoms with Gasteiger partial charge < -0.3 is 15.4 Å². The molecule has 1 fully saturated rings. The molecule has 2 N–H and O–H groups in total. The van der Waals surface area contributed by atoms with Crippen LogP contribution in [-0.2, 0) is 4.79 Å². The van der Waals surface area contributed by atoms with E-state index >= 15 is 0 Å². The third-order valence-corrected chi connectivity index (χ3v) is 4.07. The number of rotatable bonds is 6. The average molecular weight is 344 g/mol. The molecule has 1 saturated carbocycles. The van der Waals surface area contributed by atoms with Gasteiger partial charge in [0.1, 0.15) is 17.4 Å². The molecule has 1 aliphatic carbocycles. The van der Waals surface area contributed by atoms with E-state index in [1.807, 2.05) is 6.07 Å². The highest BCUT2D eigenvalue weighted by Crippen LogP contribution is 2.29. The molecular formula is C17H20N4O4. The van der Waals surface area contributed by atoms with Crippen molar-refractivity contribution < 1.29 is 14.5 Å². The SMILES string of the molecule is COc1ccc([N+](=O)[O-])cc1N/C=C(/C#N)C(=O)NC1CCCCC1. The fraction of sp³-hybridized carbons (Fsp3) is 0.412. The van der Waals surface area contributed by atoms with Crippen molar-refractivity contribution in [3.63, 3.8) is 0 Å². The summed E-state index contributed by atoms with van der Waals surface area (Å²) >= 11 is 0. The van der Waals surface area contributed by atoms with Crippen LogP contribution in [0.1, 0.15) is 32.1 Å². The molecule has 8 heteroatoms. The van der Waals surface area contributed by atoms with Crippen LogP contribution in [0, 0.1) is 21.4 Å². The normalized spacial score (nSPS) is 15.1. The Morgan fingerprint density at radius 1 is 1.40 bits per heavy atom. The van der Waals surface area contributed by atoms with Crippen molar-refractivity contribution in [1.82, 2.24) is 5.32 Å². The number of carbonyl (C=O) groups is 1. The Labute approximate surface area is 145 Å². The minimum Gasteiger partial charge on any atom is -0.495 e. The molecule has 8 nitrogen and oxygen atoms in total. The zero-order valence-electron chi connectivity index (χ0n) is 13.9. The van der Waals surface area contributed by atoms with Gasteiger partial charge in [0.25, 0.3) is 11.6 Å². The lowest BCUT2D eigenvalue weighted by Gasteiger charge is -2.22. The molecule has 0 saturated heterocycles. The first-order valence-corrected chi connectivity index (χ1v) is 8.05. The summed E-state index contributed by atoms with van der Waals surface area (Å²) in [7, 11) is 1.43. The number of nitrogens with one attached hydrogen (secondary N) is 2. The molecule has 0 unspecified atom stereocenters. The molecule has 0 atom stereocenters. The number of ether oxygens (including phenoxy) is 1. The molecule has 132 valence electrons. The Kier molecular flexibility index (Phi) is 6.34. The van der Waals surface area contributed by atoms with Gasteiger partial charge in [-0.05, 0) is 18.9 Å². The molecular weight excluding hydrogens is 324 g/mol. The predicted molar refractivity (Wildman–Crippen MR) is 92.0 cm³/mol. The van der Waals surface area contributed by atoms with Crippen LogP contribution in [0.4, 0.5) is 11.4 Å². The lowest BCUT2D eigenvalue weighted by molar-refractivity contribution is -0.384. The summed E-state index contributed by atoms with van der Waals surface area (Å²) in [4.78, 5) is 22.6. The third kappa shape index (κ3) is 4.94. The van der Waals surface area contributed by atoms with E-state index in [2.05, 4.69) is 10.6 Å². The van der Waals surface area contributed by atoms with Crippen molar-refractivity contribution in [1.29, 1.82) is 5.26 Å². The monoisotopic (exact) mass is 344 g/mol. The van der Waals surface area contributed by atoms with Crippen LogP contribution < -0.4 is 15.4 Å². The van der Waals surface area contributed by atoms with Gasteiger partial charge in [-0.3, -0.25) is 14.9 Å². The number of anilines is 1. The summed E-state index contributed by atoms with van der Waals surface area (Å²) in [5.74, 6) is -0.0851. The van der Waals surface area contributed by atoms with Gasteiger partial charge in [0, 0.05) is 24.4 Å². The zero-order valence-corrected chi connectivity index (χ0v) is 13.9. The highest BCUT2D eigenvalue weighted by atomic mass is 16.6. The van der Waals surface area contributed by atoms with Crippen LogP contribution in [0.15, 0.2) is 30.0 Å². The second-order valence-corrected chi connectivity index (χ2v) is 5.76. The Balaban J connectivity index is 2.11. The Morgan fingerprint density at radius 2 is 2.12 bits per heavy atom. The number of hydrogen-bond acceptors (Lipinski definition) is 6. The summed E-state index contributed by atoms with van der Waals surface area (Å²) in [5.41, 5.74) is 0.0795. The second kappa shape index (κ2) is 8.68. The number of carbonyl (C=O) groups excluding carboxylic acids is 1. The number of methoxy groups -OCH3 is 1. The van der Waals surface area contributed by atoms with Crippen LogP contribution in [0.2, 0.25) is 0 Å². The largest absolute Gasteiger partial charge is 0.495 e. The van der Waals surface area contributed by atoms with Crippen LogP contribution in [-0.4, -0.2) is 24.0 Å². The predicted octanol–water partition coefficient (Wildman–Crippen LogP) is 2.87. The van der Waals surface area contributed by atoms with Gasteiger partial charge in [0.05, 0.1) is 17.7 Å². The van der Waals surface area contributed by atoms with Crippen LogP contribution >= 0.6 is 0 Å². The summed E-state index contributed by atoms with van der Waals surface area (Å²) in [6.45, 7) is 0. The summed E-state index contributed by atoms with van der Waals surface area (Å²) in [5, 5.41) is 25.7. The fourth-order valence-electron chi connectivity index (χ4n) is 2.73. The Hall–Kier alpha value is -3.08. The maximum absolute atomic E-state index is 12.2. The number of nitriles is 1. The van der Waals surface area contributed by atoms with E-state index in [0.717, 1.165) is 25.7 Å². The molecule has 1 aromatic carbocycles. The van der Waals surface area contributed by atoms with Crippen LogP contribution in [0.3, 0.4) is 0 Å². The third-order valence-electron chi connectivity index (χ3n) is 4.07. The molecule has 0 aliphatic heterocycles. The Morgan fingerprint density at radius 3 is 2.72 bits per heavy atom. The van der Waals surface area contributed by atoms with Gasteiger partial charge in [0.15, 0.2) is 0 Å². The molecule has 0 bridgehead atoms. The van der Waals surface area contributed by atoms with E-state index in [9.17, 15) is 20.2 Å². The fourth-order valence-corrected chi connectivity index (χ4v) is 2.73. The number of benzene rings is 1. The van der Waals surface area contributed by atoms with Gasteiger partial charge in [-0.2, -0.15) is 5.26 Å². The number of amides is 1. The van der Waals surface area contributed by atoms with E-state index in [1.54, 1.807) is 0 Å². The first-order chi connectivity index (χ1) is 12.0. The lowest BCUT2D eigenvalue weighted by atomic mass is 9.95. The van der Waals surface area contributed by atoms with Gasteiger partial charge >= 0.3 is 0 Å². The molecule has 0 spiro atoms. The van der Waals surface area contributed by atoms with E-state index in [1.165, 1.54) is 37.9 Å². The zero-order chi connectivity index (χ0) is 18.2. The molecule has 1 amide bonds. The highest BCUT2D eigenvalue weighted by molar-refractivity contribution is 5.97. The second-order valence-electron chi connectivity index (χ2n) is 5.76. The van der Waals surface area contributed by atoms with Crippen molar-refractivity contribution in [2.75, 3.05) is 12.4 Å². The number of nitrogens with zero attached hydrogens (tertiary/aromatic N) is 2. The molecule has 0 radical (unpaired) electrons. The molecule has 0 heterocycles. The molecule has 1 aromatic rings. The van der Waals surface area contributed by atoms with Crippen molar-refractivity contribution in [2.24, 2.45) is 0 Å². The maximum Gasteiger partial charge on any atom is 0.271 e. The van der Waals surface area contributed by atoms with Crippen molar-refractivity contribution in [2.45, 2.75) is 38.1 Å². The number of hydrogen-bond donors (Lipinski definition) is 2. The molecule has 25 heavy (non-hydrogen) atoms. The minimum atomic E-state index is -0.532. The summed E-state index contributed by atoms with van der Waals surface area (Å²) in [6.07, 6.45) is 6.37. The smallest absolute Gasteiger partial charge is 0.271 e. The maximum atomic E-state index is 12.2. The Bertz CT molecular complexity index is 718. The first-order valence-electron chi connectivity index (χ1n) is 8.05. The quantitative estimate of drug-likeness (QED) is 0.355. The van der Waals surface area contributed by atoms with E-state index in [0.29, 0.717) is 11.4 Å². The van der Waals surface area contributed by atoms with Crippen LogP contribution in [0.5, 0.6) is 5.75 Å². The minimum absolute atomic E-state index is 0.0883. The number of non-ortho nitro benzene ring substituents is 1. The van der Waals surface area contributed by atoms with Crippen molar-refractivity contribution in [3.05, 3.63) is 40.1 Å². The van der Waals surface area contributed by atoms with Gasteiger partial charge in [-0.15, -0.1) is 0 Å². The van der Waals surface area contributed by atoms with Crippen molar-refractivity contribution in [3.8, 4) is 11.8 Å². The topological polar surface area (TPSA) is 117 Å². The number of nitro groups is 1. The van der Waals surface area contributed by atoms with Gasteiger partial charge in [-0.25, -0.2) is 0 Å². The molecule has 2 rings (SSSR count). The van der Waals surface area contributed by atoms with Crippen LogP contribution in [0.25, 0.3) is 0 Å². The van der Waals surface area contributed by atoms with E-state index in [-0.39, 0.29) is 17.3 Å². The van der Waals surface area contributed by atoms with Gasteiger partial charge in [0.2, 0.25) is 0 Å². The summed E-state index contributed by atoms with van der Waals surface area (Å²) < 4.78 is 5.13. The van der Waals surface area contributed by atoms with Gasteiger partial charge in [-0.1, -0.05) is 19.3 Å². The summed E-state index contributed by atoms with van der Waals surface area (Å²) in [6, 6.07) is 5.98. The average Bonchev–Trinajstić information content (AvgIpc) is 2.62. The highest BCUT2D eigenvalue weighted by Gasteiger charge is 2.18. The lowest BCUT2D eigenvalue weighted by Crippen LogP contribution is -2.37. The molecule has 1 aliphatic rings. The molecule has 0 aromatic heterocycles. The standard InChI is InChI=1S/C17H20N4O4/c1-25-16-8-7-14(21(23)24)9-15(16)19-11-12(10-18)17(22)20-13-5-3-2-4-6-13/h7-9,11,13,19H,2-6H2,1H3,(H,20,22)/b12-11-. The number of nitro benzene ring substituents is 1.